The summed E-state index contributed by atoms with van der Waals surface area (Å²) in [7, 11) is 0. The van der Waals surface area contributed by atoms with E-state index in [9.17, 15) is 13.6 Å². The first-order chi connectivity index (χ1) is 12.6. The third-order valence-electron chi connectivity index (χ3n) is 4.03. The van der Waals surface area contributed by atoms with E-state index in [1.165, 1.54) is 29.7 Å². The highest BCUT2D eigenvalue weighted by Crippen LogP contribution is 2.25. The van der Waals surface area contributed by atoms with Gasteiger partial charge in [-0.15, -0.1) is 0 Å². The van der Waals surface area contributed by atoms with Gasteiger partial charge in [-0.1, -0.05) is 6.07 Å². The van der Waals surface area contributed by atoms with E-state index in [2.05, 4.69) is 9.97 Å². The molecule has 6 nitrogen and oxygen atoms in total. The minimum absolute atomic E-state index is 0.00275. The van der Waals surface area contributed by atoms with Crippen molar-refractivity contribution < 1.29 is 22.7 Å². The largest absolute Gasteiger partial charge is 0.475 e. The summed E-state index contributed by atoms with van der Waals surface area (Å²) >= 11 is 0. The van der Waals surface area contributed by atoms with Gasteiger partial charge < -0.3 is 14.1 Å². The first kappa shape index (κ1) is 16.2. The minimum Gasteiger partial charge on any atom is -0.475 e. The van der Waals surface area contributed by atoms with Gasteiger partial charge in [-0.2, -0.15) is 4.98 Å². The van der Waals surface area contributed by atoms with E-state index in [1.807, 2.05) is 0 Å². The van der Waals surface area contributed by atoms with Crippen LogP contribution in [0, 0.1) is 11.6 Å². The average Bonchev–Trinajstić information content (AvgIpc) is 3.12. The molecule has 1 aliphatic heterocycles. The van der Waals surface area contributed by atoms with E-state index in [0.717, 1.165) is 12.1 Å². The van der Waals surface area contributed by atoms with Gasteiger partial charge in [0, 0.05) is 24.4 Å². The molecule has 0 bridgehead atoms. The second-order valence-corrected chi connectivity index (χ2v) is 5.74. The molecule has 0 spiro atoms. The molecule has 0 aliphatic carbocycles. The molecular weight excluding hydrogens is 344 g/mol. The van der Waals surface area contributed by atoms with Crippen molar-refractivity contribution in [3.05, 3.63) is 65.7 Å². The molecule has 3 aromatic rings. The van der Waals surface area contributed by atoms with E-state index in [-0.39, 0.29) is 42.6 Å². The molecule has 0 saturated heterocycles. The third kappa shape index (κ3) is 3.01. The number of carbonyl (C=O) groups is 1. The zero-order chi connectivity index (χ0) is 18.1. The van der Waals surface area contributed by atoms with Gasteiger partial charge in [0.15, 0.2) is 5.82 Å². The summed E-state index contributed by atoms with van der Waals surface area (Å²) < 4.78 is 37.5. The maximum atomic E-state index is 13.9. The zero-order valence-electron chi connectivity index (χ0n) is 13.5. The molecule has 1 aliphatic rings. The number of aromatic nitrogens is 2. The lowest BCUT2D eigenvalue weighted by molar-refractivity contribution is 0.0741. The number of hydrogen-bond donors (Lipinski definition) is 0. The number of nitrogens with zero attached hydrogens (tertiary/aromatic N) is 3. The van der Waals surface area contributed by atoms with Gasteiger partial charge in [-0.05, 0) is 12.1 Å². The van der Waals surface area contributed by atoms with Crippen LogP contribution in [0.1, 0.15) is 15.9 Å². The summed E-state index contributed by atoms with van der Waals surface area (Å²) in [4.78, 5) is 22.6. The fraction of sp³-hybridized carbons (Fsp3) is 0.167. The van der Waals surface area contributed by atoms with E-state index < -0.39 is 11.6 Å². The fourth-order valence-corrected chi connectivity index (χ4v) is 2.68. The predicted octanol–water partition coefficient (Wildman–Crippen LogP) is 3.05. The van der Waals surface area contributed by atoms with Gasteiger partial charge in [0.05, 0.1) is 18.4 Å². The first-order valence-electron chi connectivity index (χ1n) is 7.87. The average molecular weight is 357 g/mol. The van der Waals surface area contributed by atoms with Crippen molar-refractivity contribution in [3.63, 3.8) is 0 Å². The second-order valence-electron chi connectivity index (χ2n) is 5.74. The number of halogens is 2. The van der Waals surface area contributed by atoms with Crippen LogP contribution in [0.3, 0.4) is 0 Å². The van der Waals surface area contributed by atoms with Crippen LogP contribution in [0.2, 0.25) is 0 Å². The predicted molar refractivity (Wildman–Crippen MR) is 86.3 cm³/mol. The van der Waals surface area contributed by atoms with Crippen LogP contribution >= 0.6 is 0 Å². The fourth-order valence-electron chi connectivity index (χ4n) is 2.68. The number of ether oxygens (including phenoxy) is 1. The topological polar surface area (TPSA) is 68.5 Å². The van der Waals surface area contributed by atoms with Crippen LogP contribution < -0.4 is 4.74 Å². The molecule has 8 heteroatoms. The Labute approximate surface area is 147 Å². The lowest BCUT2D eigenvalue weighted by Crippen LogP contribution is -2.32. The first-order valence-corrected chi connectivity index (χ1v) is 7.87. The number of fused-ring (bicyclic) bond motifs is 1. The van der Waals surface area contributed by atoms with Crippen LogP contribution in [0.25, 0.3) is 11.4 Å². The number of benzene rings is 1. The molecule has 0 radical (unpaired) electrons. The van der Waals surface area contributed by atoms with E-state index in [4.69, 9.17) is 9.15 Å². The van der Waals surface area contributed by atoms with Crippen molar-refractivity contribution in [2.75, 3.05) is 13.2 Å². The maximum Gasteiger partial charge on any atom is 0.261 e. The molecule has 0 fully saturated rings. The Hall–Kier alpha value is -3.29. The van der Waals surface area contributed by atoms with Gasteiger partial charge in [-0.25, -0.2) is 13.8 Å². The Morgan fingerprint density at radius 1 is 1.23 bits per heavy atom. The van der Waals surface area contributed by atoms with Gasteiger partial charge >= 0.3 is 0 Å². The Kier molecular flexibility index (Phi) is 4.08. The Bertz CT molecular complexity index is 960. The molecule has 0 N–H and O–H groups in total. The van der Waals surface area contributed by atoms with Crippen molar-refractivity contribution in [1.29, 1.82) is 0 Å². The summed E-state index contributed by atoms with van der Waals surface area (Å²) in [5.74, 6) is -1.19. The number of rotatable bonds is 3. The van der Waals surface area contributed by atoms with Crippen LogP contribution in [0.5, 0.6) is 5.88 Å². The number of carbonyl (C=O) groups excluding carboxylic acids is 1. The smallest absolute Gasteiger partial charge is 0.261 e. The maximum absolute atomic E-state index is 13.9. The van der Waals surface area contributed by atoms with Crippen LogP contribution in [0.15, 0.2) is 47.4 Å². The molecule has 4 rings (SSSR count). The summed E-state index contributed by atoms with van der Waals surface area (Å²) in [5.41, 5.74) is 1.08. The zero-order valence-corrected chi connectivity index (χ0v) is 13.5. The van der Waals surface area contributed by atoms with Crippen LogP contribution in [-0.2, 0) is 6.54 Å². The van der Waals surface area contributed by atoms with Gasteiger partial charge in [0.25, 0.3) is 5.91 Å². The van der Waals surface area contributed by atoms with Gasteiger partial charge in [0.1, 0.15) is 30.1 Å². The van der Waals surface area contributed by atoms with Gasteiger partial charge in [0.2, 0.25) is 5.88 Å². The summed E-state index contributed by atoms with van der Waals surface area (Å²) in [6.45, 7) is 0.438. The lowest BCUT2D eigenvalue weighted by Gasteiger charge is -2.20. The monoisotopic (exact) mass is 357 g/mol. The Balaban J connectivity index is 1.62. The number of hydrogen-bond acceptors (Lipinski definition) is 5. The highest BCUT2D eigenvalue weighted by molar-refractivity contribution is 5.96. The molecule has 3 heterocycles. The molecule has 132 valence electrons. The Morgan fingerprint density at radius 3 is 2.88 bits per heavy atom. The molecule has 26 heavy (non-hydrogen) atoms. The Morgan fingerprint density at radius 2 is 2.12 bits per heavy atom. The second kappa shape index (κ2) is 6.55. The molecule has 1 aromatic carbocycles. The van der Waals surface area contributed by atoms with Crippen LogP contribution in [-0.4, -0.2) is 33.9 Å². The summed E-state index contributed by atoms with van der Waals surface area (Å²) in [5, 5.41) is 0. The summed E-state index contributed by atoms with van der Waals surface area (Å²) in [6, 6.07) is 4.97. The normalized spacial score (nSPS) is 13.9. The molecule has 0 atom stereocenters. The molecular formula is C18H13F2N3O3. The van der Waals surface area contributed by atoms with E-state index >= 15 is 0 Å². The lowest BCUT2D eigenvalue weighted by atomic mass is 10.1. The van der Waals surface area contributed by atoms with Crippen molar-refractivity contribution in [1.82, 2.24) is 14.9 Å². The third-order valence-corrected chi connectivity index (χ3v) is 4.03. The number of furan rings is 1. The standard InChI is InChI=1S/C18H13F2N3O3/c19-13-2-1-11(15(20)7-13)9-23-4-6-26-17-14(18(23)24)8-21-16(22-17)12-3-5-25-10-12/h1-3,5,7-8,10H,4,6,9H2. The van der Waals surface area contributed by atoms with Crippen LogP contribution in [0.4, 0.5) is 8.78 Å². The van der Waals surface area contributed by atoms with Crippen molar-refractivity contribution in [2.24, 2.45) is 0 Å². The highest BCUT2D eigenvalue weighted by atomic mass is 19.1. The minimum atomic E-state index is -0.699. The molecule has 0 saturated carbocycles. The number of amides is 1. The molecule has 2 aromatic heterocycles. The quantitative estimate of drug-likeness (QED) is 0.721. The van der Waals surface area contributed by atoms with Gasteiger partial charge in [-0.3, -0.25) is 4.79 Å². The van der Waals surface area contributed by atoms with Crippen molar-refractivity contribution >= 4 is 5.91 Å². The van der Waals surface area contributed by atoms with Crippen molar-refractivity contribution in [2.45, 2.75) is 6.54 Å². The summed E-state index contributed by atoms with van der Waals surface area (Å²) in [6.07, 6.45) is 4.37. The highest BCUT2D eigenvalue weighted by Gasteiger charge is 2.26. The molecule has 0 unspecified atom stereocenters. The van der Waals surface area contributed by atoms with E-state index in [1.54, 1.807) is 6.07 Å². The van der Waals surface area contributed by atoms with Crippen molar-refractivity contribution in [3.8, 4) is 17.3 Å². The molecule has 1 amide bonds. The SMILES string of the molecule is O=C1c2cnc(-c3ccoc3)nc2OCCN1Cc1ccc(F)cc1F. The van der Waals surface area contributed by atoms with E-state index in [0.29, 0.717) is 11.4 Å².